The molecule has 0 spiro atoms. The number of hydrogen-bond donors (Lipinski definition) is 1. The van der Waals surface area contributed by atoms with Gasteiger partial charge in [0.05, 0.1) is 11.6 Å². The van der Waals surface area contributed by atoms with Crippen molar-refractivity contribution >= 4 is 23.2 Å². The molecule has 29 heavy (non-hydrogen) atoms. The predicted molar refractivity (Wildman–Crippen MR) is 117 cm³/mol. The van der Waals surface area contributed by atoms with Crippen LogP contribution in [0.4, 0.5) is 5.69 Å². The molecule has 0 aliphatic carbocycles. The monoisotopic (exact) mass is 409 g/mol. The second-order valence-corrected chi connectivity index (χ2v) is 7.13. The van der Waals surface area contributed by atoms with Crippen molar-refractivity contribution in [1.29, 1.82) is 0 Å². The molecular weight excluding hydrogens is 386 g/mol. The Bertz CT molecular complexity index is 1020. The third-order valence-electron chi connectivity index (χ3n) is 4.61. The van der Waals surface area contributed by atoms with Gasteiger partial charge in [-0.3, -0.25) is 4.79 Å². The quantitative estimate of drug-likeness (QED) is 0.506. The zero-order valence-electron chi connectivity index (χ0n) is 16.8. The van der Waals surface area contributed by atoms with Crippen molar-refractivity contribution < 1.29 is 14.3 Å². The van der Waals surface area contributed by atoms with Crippen LogP contribution in [-0.2, 0) is 6.61 Å². The van der Waals surface area contributed by atoms with Gasteiger partial charge in [-0.1, -0.05) is 29.8 Å². The molecule has 3 aromatic rings. The van der Waals surface area contributed by atoms with E-state index in [2.05, 4.69) is 5.32 Å². The maximum absolute atomic E-state index is 12.7. The zero-order valence-corrected chi connectivity index (χ0v) is 17.5. The Morgan fingerprint density at radius 2 is 1.72 bits per heavy atom. The van der Waals surface area contributed by atoms with Gasteiger partial charge in [-0.25, -0.2) is 0 Å². The lowest BCUT2D eigenvalue weighted by Gasteiger charge is -2.14. The van der Waals surface area contributed by atoms with E-state index in [9.17, 15) is 4.79 Å². The highest BCUT2D eigenvalue weighted by Gasteiger charge is 2.13. The molecule has 0 aliphatic rings. The average Bonchev–Trinajstić information content (AvgIpc) is 2.71. The molecule has 0 saturated carbocycles. The number of ether oxygens (including phenoxy) is 2. The average molecular weight is 410 g/mol. The fraction of sp³-hybridized carbons (Fsp3) is 0.208. The van der Waals surface area contributed by atoms with E-state index in [0.717, 1.165) is 16.8 Å². The lowest BCUT2D eigenvalue weighted by molar-refractivity contribution is 0.102. The summed E-state index contributed by atoms with van der Waals surface area (Å²) in [6, 6.07) is 18.5. The molecule has 0 atom stereocenters. The molecule has 0 aromatic heterocycles. The highest BCUT2D eigenvalue weighted by atomic mass is 35.5. The predicted octanol–water partition coefficient (Wildman–Crippen LogP) is 6.19. The van der Waals surface area contributed by atoms with E-state index in [1.54, 1.807) is 30.3 Å². The fourth-order valence-corrected chi connectivity index (χ4v) is 3.06. The van der Waals surface area contributed by atoms with E-state index in [1.165, 1.54) is 5.56 Å². The maximum Gasteiger partial charge on any atom is 0.255 e. The molecule has 3 rings (SSSR count). The molecule has 0 heterocycles. The normalized spacial score (nSPS) is 10.5. The highest BCUT2D eigenvalue weighted by molar-refractivity contribution is 6.32. The molecule has 0 bridgehead atoms. The second kappa shape index (κ2) is 9.48. The van der Waals surface area contributed by atoms with E-state index >= 15 is 0 Å². The highest BCUT2D eigenvalue weighted by Crippen LogP contribution is 2.27. The summed E-state index contributed by atoms with van der Waals surface area (Å²) in [5, 5.41) is 3.48. The van der Waals surface area contributed by atoms with Crippen molar-refractivity contribution in [2.24, 2.45) is 0 Å². The minimum atomic E-state index is -0.185. The van der Waals surface area contributed by atoms with Gasteiger partial charge in [-0.15, -0.1) is 0 Å². The smallest absolute Gasteiger partial charge is 0.255 e. The summed E-state index contributed by atoms with van der Waals surface area (Å²) >= 11 is 6.17. The molecule has 0 radical (unpaired) electrons. The Balaban J connectivity index is 1.80. The van der Waals surface area contributed by atoms with Crippen LogP contribution < -0.4 is 14.8 Å². The van der Waals surface area contributed by atoms with Gasteiger partial charge in [0, 0.05) is 16.8 Å². The van der Waals surface area contributed by atoms with Crippen molar-refractivity contribution in [3.05, 3.63) is 87.9 Å². The lowest BCUT2D eigenvalue weighted by Crippen LogP contribution is -2.13. The van der Waals surface area contributed by atoms with Crippen molar-refractivity contribution in [1.82, 2.24) is 0 Å². The van der Waals surface area contributed by atoms with Gasteiger partial charge in [-0.2, -0.15) is 0 Å². The Hall–Kier alpha value is -2.98. The molecule has 1 amide bonds. The van der Waals surface area contributed by atoms with Gasteiger partial charge in [0.25, 0.3) is 5.91 Å². The summed E-state index contributed by atoms with van der Waals surface area (Å²) in [5.74, 6) is 1.08. The SMILES string of the molecule is CCOc1ccc(C(=O)Nc2ccc(C)c(C)c2)cc1COc1ccccc1Cl. The number of aryl methyl sites for hydroxylation is 2. The first-order chi connectivity index (χ1) is 14.0. The van der Waals surface area contributed by atoms with E-state index < -0.39 is 0 Å². The fourth-order valence-electron chi connectivity index (χ4n) is 2.87. The van der Waals surface area contributed by atoms with Crippen LogP contribution in [-0.4, -0.2) is 12.5 Å². The number of carbonyl (C=O) groups excluding carboxylic acids is 1. The van der Waals surface area contributed by atoms with E-state index in [0.29, 0.717) is 28.7 Å². The van der Waals surface area contributed by atoms with Gasteiger partial charge in [0.15, 0.2) is 0 Å². The number of halogens is 1. The van der Waals surface area contributed by atoms with Gasteiger partial charge < -0.3 is 14.8 Å². The van der Waals surface area contributed by atoms with Crippen molar-refractivity contribution in [3.8, 4) is 11.5 Å². The van der Waals surface area contributed by atoms with Crippen molar-refractivity contribution in [2.45, 2.75) is 27.4 Å². The standard InChI is InChI=1S/C24H24ClNO3/c1-4-28-22-12-10-18(24(27)26-20-11-9-16(2)17(3)13-20)14-19(22)15-29-23-8-6-5-7-21(23)25/h5-14H,4,15H2,1-3H3,(H,26,27). The van der Waals surface area contributed by atoms with Crippen LogP contribution >= 0.6 is 11.6 Å². The Morgan fingerprint density at radius 3 is 2.45 bits per heavy atom. The Morgan fingerprint density at radius 1 is 0.931 bits per heavy atom. The number of amides is 1. The molecule has 4 nitrogen and oxygen atoms in total. The number of hydrogen-bond acceptors (Lipinski definition) is 3. The molecule has 0 fully saturated rings. The molecule has 1 N–H and O–H groups in total. The lowest BCUT2D eigenvalue weighted by atomic mass is 10.1. The topological polar surface area (TPSA) is 47.6 Å². The summed E-state index contributed by atoms with van der Waals surface area (Å²) in [4.78, 5) is 12.7. The summed E-state index contributed by atoms with van der Waals surface area (Å²) in [6.45, 7) is 6.74. The maximum atomic E-state index is 12.7. The van der Waals surface area contributed by atoms with Crippen molar-refractivity contribution in [3.63, 3.8) is 0 Å². The number of benzene rings is 3. The van der Waals surface area contributed by atoms with Crippen LogP contribution in [0.3, 0.4) is 0 Å². The Kier molecular flexibility index (Phi) is 6.78. The molecule has 0 aliphatic heterocycles. The molecular formula is C24H24ClNO3. The Labute approximate surface area is 176 Å². The van der Waals surface area contributed by atoms with Crippen LogP contribution in [0.15, 0.2) is 60.7 Å². The number of carbonyl (C=O) groups is 1. The summed E-state index contributed by atoms with van der Waals surface area (Å²) in [6.07, 6.45) is 0. The third-order valence-corrected chi connectivity index (χ3v) is 4.92. The van der Waals surface area contributed by atoms with Gasteiger partial charge in [-0.05, 0) is 74.4 Å². The first-order valence-corrected chi connectivity index (χ1v) is 9.87. The summed E-state index contributed by atoms with van der Waals surface area (Å²) < 4.78 is 11.5. The molecule has 5 heteroatoms. The zero-order chi connectivity index (χ0) is 20.8. The number of rotatable bonds is 7. The number of nitrogens with one attached hydrogen (secondary N) is 1. The minimum absolute atomic E-state index is 0.185. The van der Waals surface area contributed by atoms with Crippen molar-refractivity contribution in [2.75, 3.05) is 11.9 Å². The first-order valence-electron chi connectivity index (χ1n) is 9.49. The molecule has 3 aromatic carbocycles. The number of para-hydroxylation sites is 1. The van der Waals surface area contributed by atoms with Gasteiger partial charge >= 0.3 is 0 Å². The van der Waals surface area contributed by atoms with Gasteiger partial charge in [0.2, 0.25) is 0 Å². The minimum Gasteiger partial charge on any atom is -0.493 e. The molecule has 150 valence electrons. The van der Waals surface area contributed by atoms with Crippen LogP contribution in [0.5, 0.6) is 11.5 Å². The third kappa shape index (κ3) is 5.30. The molecule has 0 unspecified atom stereocenters. The van der Waals surface area contributed by atoms with Crippen LogP contribution in [0.2, 0.25) is 5.02 Å². The van der Waals surface area contributed by atoms with Gasteiger partial charge in [0.1, 0.15) is 18.1 Å². The largest absolute Gasteiger partial charge is 0.493 e. The summed E-state index contributed by atoms with van der Waals surface area (Å²) in [7, 11) is 0. The van der Waals surface area contributed by atoms with E-state index in [1.807, 2.05) is 51.1 Å². The van der Waals surface area contributed by atoms with E-state index in [-0.39, 0.29) is 12.5 Å². The van der Waals surface area contributed by atoms with Crippen LogP contribution in [0, 0.1) is 13.8 Å². The molecule has 0 saturated heterocycles. The van der Waals surface area contributed by atoms with E-state index in [4.69, 9.17) is 21.1 Å². The number of anilines is 1. The first kappa shape index (κ1) is 20.7. The summed E-state index contributed by atoms with van der Waals surface area (Å²) in [5.41, 5.74) is 4.39. The second-order valence-electron chi connectivity index (χ2n) is 6.73. The van der Waals surface area contributed by atoms with Crippen LogP contribution in [0.1, 0.15) is 34.0 Å². The van der Waals surface area contributed by atoms with Crippen LogP contribution in [0.25, 0.3) is 0 Å².